The van der Waals surface area contributed by atoms with Gasteiger partial charge in [-0.3, -0.25) is 20.4 Å². The lowest BCUT2D eigenvalue weighted by Crippen LogP contribution is -2.48. The van der Waals surface area contributed by atoms with Crippen LogP contribution in [0, 0.1) is 0 Å². The van der Waals surface area contributed by atoms with Gasteiger partial charge in [0.1, 0.15) is 0 Å². The van der Waals surface area contributed by atoms with Gasteiger partial charge >= 0.3 is 0 Å². The summed E-state index contributed by atoms with van der Waals surface area (Å²) in [6.45, 7) is 3.88. The van der Waals surface area contributed by atoms with Crippen LogP contribution in [0.15, 0.2) is 41.8 Å². The van der Waals surface area contributed by atoms with Crippen LogP contribution < -0.4 is 21.1 Å². The number of nitrogens with zero attached hydrogens (tertiary/aromatic N) is 1. The summed E-state index contributed by atoms with van der Waals surface area (Å²) in [5.41, 5.74) is 6.09. The van der Waals surface area contributed by atoms with Gasteiger partial charge in [-0.05, 0) is 49.6 Å². The van der Waals surface area contributed by atoms with Gasteiger partial charge in [0, 0.05) is 13.1 Å². The van der Waals surface area contributed by atoms with Gasteiger partial charge in [0.15, 0.2) is 5.11 Å². The van der Waals surface area contributed by atoms with Crippen molar-refractivity contribution in [1.29, 1.82) is 0 Å². The van der Waals surface area contributed by atoms with E-state index in [2.05, 4.69) is 16.2 Å². The van der Waals surface area contributed by atoms with E-state index in [1.165, 1.54) is 16.2 Å². The standard InChI is InChI=1S/C17H20N4O2S2/c1-11(2)18-17(24)20-19-15(22)12-7-4-5-8-13(12)21(3)16(23)14-9-6-10-25-14/h4-11H,1-3H3,(H,19,22)(H2,18,20,24). The topological polar surface area (TPSA) is 73.5 Å². The lowest BCUT2D eigenvalue weighted by molar-refractivity contribution is 0.0944. The zero-order valence-electron chi connectivity index (χ0n) is 14.2. The maximum absolute atomic E-state index is 12.5. The minimum Gasteiger partial charge on any atom is -0.359 e. The third-order valence-electron chi connectivity index (χ3n) is 3.26. The number of rotatable bonds is 4. The fourth-order valence-corrected chi connectivity index (χ4v) is 3.10. The van der Waals surface area contributed by atoms with Crippen LogP contribution in [0.2, 0.25) is 0 Å². The number of carbonyl (C=O) groups excluding carboxylic acids is 2. The van der Waals surface area contributed by atoms with Crippen LogP contribution in [0.1, 0.15) is 33.9 Å². The molecule has 0 atom stereocenters. The Labute approximate surface area is 156 Å². The zero-order chi connectivity index (χ0) is 18.4. The first-order valence-electron chi connectivity index (χ1n) is 7.67. The van der Waals surface area contributed by atoms with E-state index in [0.29, 0.717) is 21.2 Å². The molecular formula is C17H20N4O2S2. The van der Waals surface area contributed by atoms with E-state index in [1.54, 1.807) is 37.4 Å². The van der Waals surface area contributed by atoms with E-state index >= 15 is 0 Å². The van der Waals surface area contributed by atoms with Crippen molar-refractivity contribution in [2.75, 3.05) is 11.9 Å². The van der Waals surface area contributed by atoms with Crippen LogP contribution in [0.5, 0.6) is 0 Å². The largest absolute Gasteiger partial charge is 0.359 e. The number of anilines is 1. The molecule has 8 heteroatoms. The SMILES string of the molecule is CC(C)NC(=S)NNC(=O)c1ccccc1N(C)C(=O)c1cccs1. The molecule has 2 aromatic rings. The average molecular weight is 377 g/mol. The lowest BCUT2D eigenvalue weighted by atomic mass is 10.1. The van der Waals surface area contributed by atoms with Crippen molar-refractivity contribution in [1.82, 2.24) is 16.2 Å². The highest BCUT2D eigenvalue weighted by atomic mass is 32.1. The number of hydrazine groups is 1. The highest BCUT2D eigenvalue weighted by molar-refractivity contribution is 7.80. The molecule has 0 bridgehead atoms. The number of benzene rings is 1. The Bertz CT molecular complexity index is 760. The van der Waals surface area contributed by atoms with Crippen LogP contribution in [-0.2, 0) is 0 Å². The Morgan fingerprint density at radius 2 is 1.84 bits per heavy atom. The van der Waals surface area contributed by atoms with E-state index < -0.39 is 0 Å². The Morgan fingerprint density at radius 3 is 2.48 bits per heavy atom. The molecule has 0 aliphatic rings. The number of hydrogen-bond donors (Lipinski definition) is 3. The highest BCUT2D eigenvalue weighted by Gasteiger charge is 2.20. The van der Waals surface area contributed by atoms with Gasteiger partial charge in [0.2, 0.25) is 0 Å². The van der Waals surface area contributed by atoms with Crippen LogP contribution in [0.4, 0.5) is 5.69 Å². The van der Waals surface area contributed by atoms with Crippen molar-refractivity contribution in [3.05, 3.63) is 52.2 Å². The summed E-state index contributed by atoms with van der Waals surface area (Å²) in [4.78, 5) is 27.1. The molecule has 0 spiro atoms. The van der Waals surface area contributed by atoms with Crippen molar-refractivity contribution < 1.29 is 9.59 Å². The summed E-state index contributed by atoms with van der Waals surface area (Å²) in [6.07, 6.45) is 0. The van der Waals surface area contributed by atoms with Gasteiger partial charge < -0.3 is 10.2 Å². The monoisotopic (exact) mass is 376 g/mol. The number of thiocarbonyl (C=S) groups is 1. The Hall–Kier alpha value is -2.45. The van der Waals surface area contributed by atoms with Gasteiger partial charge in [0.05, 0.1) is 16.1 Å². The molecule has 2 amide bonds. The van der Waals surface area contributed by atoms with E-state index in [1.807, 2.05) is 25.3 Å². The fourth-order valence-electron chi connectivity index (χ4n) is 2.11. The molecule has 132 valence electrons. The molecule has 0 saturated heterocycles. The van der Waals surface area contributed by atoms with Crippen LogP contribution in [0.3, 0.4) is 0 Å². The average Bonchev–Trinajstić information content (AvgIpc) is 3.12. The van der Waals surface area contributed by atoms with Gasteiger partial charge in [-0.2, -0.15) is 0 Å². The van der Waals surface area contributed by atoms with Crippen LogP contribution in [-0.4, -0.2) is 30.0 Å². The maximum atomic E-state index is 12.5. The van der Waals surface area contributed by atoms with Crippen LogP contribution in [0.25, 0.3) is 0 Å². The summed E-state index contributed by atoms with van der Waals surface area (Å²) in [5.74, 6) is -0.547. The smallest absolute Gasteiger partial charge is 0.271 e. The second-order valence-corrected chi connectivity index (χ2v) is 6.92. The van der Waals surface area contributed by atoms with E-state index in [-0.39, 0.29) is 17.9 Å². The second kappa shape index (κ2) is 8.59. The molecule has 3 N–H and O–H groups in total. The molecule has 2 rings (SSSR count). The first kappa shape index (κ1) is 18.9. The number of carbonyl (C=O) groups is 2. The summed E-state index contributed by atoms with van der Waals surface area (Å²) in [5, 5.41) is 5.13. The molecule has 0 aliphatic heterocycles. The summed E-state index contributed by atoms with van der Waals surface area (Å²) >= 11 is 6.44. The first-order chi connectivity index (χ1) is 11.9. The fraction of sp³-hybridized carbons (Fsp3) is 0.235. The van der Waals surface area contributed by atoms with Crippen molar-refractivity contribution in [3.8, 4) is 0 Å². The third-order valence-corrected chi connectivity index (χ3v) is 4.33. The molecule has 0 fully saturated rings. The second-order valence-electron chi connectivity index (χ2n) is 5.57. The number of nitrogens with one attached hydrogen (secondary N) is 3. The first-order valence-corrected chi connectivity index (χ1v) is 8.96. The summed E-state index contributed by atoms with van der Waals surface area (Å²) in [6, 6.07) is 10.6. The molecular weight excluding hydrogens is 356 g/mol. The van der Waals surface area contributed by atoms with Gasteiger partial charge in [-0.15, -0.1) is 11.3 Å². The number of para-hydroxylation sites is 1. The molecule has 1 heterocycles. The predicted octanol–water partition coefficient (Wildman–Crippen LogP) is 2.54. The normalized spacial score (nSPS) is 10.2. The molecule has 1 aromatic heterocycles. The van der Waals surface area contributed by atoms with Crippen LogP contribution >= 0.6 is 23.6 Å². The number of thiophene rings is 1. The maximum Gasteiger partial charge on any atom is 0.271 e. The molecule has 0 radical (unpaired) electrons. The minimum absolute atomic E-state index is 0.152. The number of hydrogen-bond acceptors (Lipinski definition) is 4. The van der Waals surface area contributed by atoms with E-state index in [4.69, 9.17) is 12.2 Å². The van der Waals surface area contributed by atoms with Gasteiger partial charge in [0.25, 0.3) is 11.8 Å². The Balaban J connectivity index is 2.13. The quantitative estimate of drug-likeness (QED) is 0.565. The Kier molecular flexibility index (Phi) is 6.49. The molecule has 6 nitrogen and oxygen atoms in total. The molecule has 0 saturated carbocycles. The van der Waals surface area contributed by atoms with Gasteiger partial charge in [-0.25, -0.2) is 0 Å². The number of amides is 2. The third kappa shape index (κ3) is 5.01. The minimum atomic E-state index is -0.380. The molecule has 0 aliphatic carbocycles. The van der Waals surface area contributed by atoms with Gasteiger partial charge in [-0.1, -0.05) is 18.2 Å². The molecule has 25 heavy (non-hydrogen) atoms. The van der Waals surface area contributed by atoms with Crippen molar-refractivity contribution in [2.45, 2.75) is 19.9 Å². The molecule has 1 aromatic carbocycles. The van der Waals surface area contributed by atoms with Crippen molar-refractivity contribution in [2.24, 2.45) is 0 Å². The van der Waals surface area contributed by atoms with Crippen molar-refractivity contribution >= 4 is 46.2 Å². The lowest BCUT2D eigenvalue weighted by Gasteiger charge is -2.20. The zero-order valence-corrected chi connectivity index (χ0v) is 15.8. The highest BCUT2D eigenvalue weighted by Crippen LogP contribution is 2.22. The summed E-state index contributed by atoms with van der Waals surface area (Å²) in [7, 11) is 1.65. The summed E-state index contributed by atoms with van der Waals surface area (Å²) < 4.78 is 0. The Morgan fingerprint density at radius 1 is 1.12 bits per heavy atom. The van der Waals surface area contributed by atoms with E-state index in [9.17, 15) is 9.59 Å². The predicted molar refractivity (Wildman–Crippen MR) is 105 cm³/mol. The molecule has 0 unspecified atom stereocenters. The van der Waals surface area contributed by atoms with E-state index in [0.717, 1.165) is 0 Å². The van der Waals surface area contributed by atoms with Crippen molar-refractivity contribution in [3.63, 3.8) is 0 Å².